The predicted octanol–water partition coefficient (Wildman–Crippen LogP) is 1.06. The van der Waals surface area contributed by atoms with Gasteiger partial charge in [-0.05, 0) is 11.6 Å². The maximum atomic E-state index is 12.3. The molecule has 2 amide bonds. The molecule has 0 unspecified atom stereocenters. The van der Waals surface area contributed by atoms with E-state index in [0.29, 0.717) is 32.5 Å². The Bertz CT molecular complexity index is 647. The minimum Gasteiger partial charge on any atom is -0.361 e. The number of hydrogen-bond donors (Lipinski definition) is 2. The Morgan fingerprint density at radius 3 is 3.00 bits per heavy atom. The molecule has 2 aromatic rings. The van der Waals surface area contributed by atoms with Gasteiger partial charge in [-0.25, -0.2) is 0 Å². The quantitative estimate of drug-likeness (QED) is 0.857. The van der Waals surface area contributed by atoms with Gasteiger partial charge in [0.25, 0.3) is 0 Å². The molecule has 0 bridgehead atoms. The molecular formula is C15H17N3O2. The summed E-state index contributed by atoms with van der Waals surface area (Å²) in [4.78, 5) is 28.6. The molecule has 0 aliphatic carbocycles. The number of hydrogen-bond acceptors (Lipinski definition) is 2. The molecular weight excluding hydrogens is 254 g/mol. The van der Waals surface area contributed by atoms with Crippen LogP contribution in [0.15, 0.2) is 30.5 Å². The van der Waals surface area contributed by atoms with Gasteiger partial charge in [-0.3, -0.25) is 9.59 Å². The average molecular weight is 271 g/mol. The second-order valence-electron chi connectivity index (χ2n) is 5.02. The normalized spacial score (nSPS) is 16.0. The van der Waals surface area contributed by atoms with E-state index in [1.54, 1.807) is 4.90 Å². The van der Waals surface area contributed by atoms with Crippen molar-refractivity contribution in [1.29, 1.82) is 0 Å². The molecule has 2 heterocycles. The minimum absolute atomic E-state index is 0.0207. The lowest BCUT2D eigenvalue weighted by molar-refractivity contribution is -0.130. The van der Waals surface area contributed by atoms with Crippen molar-refractivity contribution in [2.24, 2.45) is 0 Å². The number of benzene rings is 1. The predicted molar refractivity (Wildman–Crippen MR) is 76.2 cm³/mol. The van der Waals surface area contributed by atoms with E-state index in [-0.39, 0.29) is 11.8 Å². The van der Waals surface area contributed by atoms with Crippen LogP contribution in [0.1, 0.15) is 12.0 Å². The van der Waals surface area contributed by atoms with Crippen molar-refractivity contribution < 1.29 is 9.59 Å². The number of nitrogens with one attached hydrogen (secondary N) is 2. The number of rotatable bonds is 2. The Morgan fingerprint density at radius 2 is 2.10 bits per heavy atom. The summed E-state index contributed by atoms with van der Waals surface area (Å²) in [5.41, 5.74) is 2.05. The third kappa shape index (κ3) is 2.52. The van der Waals surface area contributed by atoms with E-state index in [2.05, 4.69) is 10.3 Å². The first-order valence-corrected chi connectivity index (χ1v) is 6.83. The Morgan fingerprint density at radius 1 is 1.25 bits per heavy atom. The van der Waals surface area contributed by atoms with Gasteiger partial charge >= 0.3 is 0 Å². The zero-order valence-corrected chi connectivity index (χ0v) is 11.2. The maximum absolute atomic E-state index is 12.3. The highest BCUT2D eigenvalue weighted by atomic mass is 16.2. The average Bonchev–Trinajstić information content (AvgIpc) is 2.72. The van der Waals surface area contributed by atoms with Gasteiger partial charge in [-0.1, -0.05) is 18.2 Å². The Hall–Kier alpha value is -2.30. The molecule has 20 heavy (non-hydrogen) atoms. The summed E-state index contributed by atoms with van der Waals surface area (Å²) in [6, 6.07) is 7.95. The van der Waals surface area contributed by atoms with E-state index in [4.69, 9.17) is 0 Å². The lowest BCUT2D eigenvalue weighted by Crippen LogP contribution is -2.35. The number of nitrogens with zero attached hydrogens (tertiary/aromatic N) is 1. The smallest absolute Gasteiger partial charge is 0.227 e. The molecule has 1 saturated heterocycles. The number of H-pyrrole nitrogens is 1. The van der Waals surface area contributed by atoms with Gasteiger partial charge in [0.05, 0.1) is 6.42 Å². The fourth-order valence-electron chi connectivity index (χ4n) is 2.57. The number of aromatic amines is 1. The number of aromatic nitrogens is 1. The number of carbonyl (C=O) groups is 2. The highest BCUT2D eigenvalue weighted by molar-refractivity contribution is 5.89. The first-order valence-electron chi connectivity index (χ1n) is 6.83. The van der Waals surface area contributed by atoms with Gasteiger partial charge in [-0.15, -0.1) is 0 Å². The van der Waals surface area contributed by atoms with E-state index in [9.17, 15) is 9.59 Å². The summed E-state index contributed by atoms with van der Waals surface area (Å²) in [7, 11) is 0. The van der Waals surface area contributed by atoms with Crippen LogP contribution in [0.5, 0.6) is 0 Å². The zero-order chi connectivity index (χ0) is 13.9. The van der Waals surface area contributed by atoms with Crippen LogP contribution >= 0.6 is 0 Å². The summed E-state index contributed by atoms with van der Waals surface area (Å²) in [6.07, 6.45) is 2.65. The third-order valence-electron chi connectivity index (χ3n) is 3.68. The lowest BCUT2D eigenvalue weighted by Gasteiger charge is -2.19. The minimum atomic E-state index is 0.0207. The Balaban J connectivity index is 1.73. The van der Waals surface area contributed by atoms with E-state index in [1.165, 1.54) is 0 Å². The van der Waals surface area contributed by atoms with Crippen LogP contribution in [0.2, 0.25) is 0 Å². The van der Waals surface area contributed by atoms with Crippen molar-refractivity contribution in [2.45, 2.75) is 12.8 Å². The van der Waals surface area contributed by atoms with Crippen LogP contribution in [0.3, 0.4) is 0 Å². The van der Waals surface area contributed by atoms with Crippen molar-refractivity contribution in [1.82, 2.24) is 15.2 Å². The van der Waals surface area contributed by atoms with E-state index in [0.717, 1.165) is 16.5 Å². The molecule has 5 nitrogen and oxygen atoms in total. The topological polar surface area (TPSA) is 65.2 Å². The Labute approximate surface area is 117 Å². The molecule has 0 spiro atoms. The molecule has 104 valence electrons. The molecule has 0 radical (unpaired) electrons. The van der Waals surface area contributed by atoms with Crippen LogP contribution in [-0.4, -0.2) is 41.3 Å². The van der Waals surface area contributed by atoms with Crippen LogP contribution in [0.25, 0.3) is 10.9 Å². The van der Waals surface area contributed by atoms with Crippen LogP contribution in [-0.2, 0) is 16.0 Å². The van der Waals surface area contributed by atoms with Crippen LogP contribution in [0.4, 0.5) is 0 Å². The fourth-order valence-corrected chi connectivity index (χ4v) is 2.57. The van der Waals surface area contributed by atoms with E-state index in [1.807, 2.05) is 30.5 Å². The number of amides is 2. The van der Waals surface area contributed by atoms with Crippen molar-refractivity contribution in [3.05, 3.63) is 36.0 Å². The van der Waals surface area contributed by atoms with Crippen molar-refractivity contribution >= 4 is 22.7 Å². The Kier molecular flexibility index (Phi) is 3.41. The van der Waals surface area contributed by atoms with Crippen molar-refractivity contribution in [3.8, 4) is 0 Å². The molecule has 1 aliphatic rings. The van der Waals surface area contributed by atoms with Crippen LogP contribution in [0, 0.1) is 0 Å². The summed E-state index contributed by atoms with van der Waals surface area (Å²) in [5.74, 6) is 0.0960. The van der Waals surface area contributed by atoms with Gasteiger partial charge in [-0.2, -0.15) is 0 Å². The molecule has 5 heteroatoms. The molecule has 3 rings (SSSR count). The summed E-state index contributed by atoms with van der Waals surface area (Å²) in [5, 5.41) is 3.87. The largest absolute Gasteiger partial charge is 0.361 e. The van der Waals surface area contributed by atoms with Gasteiger partial charge in [0.1, 0.15) is 0 Å². The number of fused-ring (bicyclic) bond motifs is 1. The number of carbonyl (C=O) groups excluding carboxylic acids is 2. The second kappa shape index (κ2) is 5.36. The van der Waals surface area contributed by atoms with Crippen molar-refractivity contribution in [3.63, 3.8) is 0 Å². The molecule has 0 saturated carbocycles. The lowest BCUT2D eigenvalue weighted by atomic mass is 10.1. The van der Waals surface area contributed by atoms with Crippen molar-refractivity contribution in [2.75, 3.05) is 19.6 Å². The standard InChI is InChI=1S/C15H17N3O2/c19-14-5-7-18(8-6-16-14)15(20)9-11-10-17-13-4-2-1-3-12(11)13/h1-4,10,17H,5-9H2,(H,16,19). The van der Waals surface area contributed by atoms with Gasteiger partial charge < -0.3 is 15.2 Å². The van der Waals surface area contributed by atoms with E-state index >= 15 is 0 Å². The van der Waals surface area contributed by atoms with Crippen LogP contribution < -0.4 is 5.32 Å². The summed E-state index contributed by atoms with van der Waals surface area (Å²) in [6.45, 7) is 1.64. The maximum Gasteiger partial charge on any atom is 0.227 e. The van der Waals surface area contributed by atoms with Gasteiger partial charge in [0.15, 0.2) is 0 Å². The molecule has 0 atom stereocenters. The first-order chi connectivity index (χ1) is 9.74. The van der Waals surface area contributed by atoms with E-state index < -0.39 is 0 Å². The highest BCUT2D eigenvalue weighted by Crippen LogP contribution is 2.18. The molecule has 2 N–H and O–H groups in total. The number of para-hydroxylation sites is 1. The van der Waals surface area contributed by atoms with Gasteiger partial charge in [0.2, 0.25) is 11.8 Å². The fraction of sp³-hybridized carbons (Fsp3) is 0.333. The molecule has 1 aromatic carbocycles. The summed E-state index contributed by atoms with van der Waals surface area (Å²) < 4.78 is 0. The zero-order valence-electron chi connectivity index (χ0n) is 11.2. The SMILES string of the molecule is O=C1CCN(C(=O)Cc2c[nH]c3ccccc23)CCN1. The monoisotopic (exact) mass is 271 g/mol. The molecule has 1 aromatic heterocycles. The van der Waals surface area contributed by atoms with Gasteiger partial charge in [0, 0.05) is 43.2 Å². The molecule has 1 fully saturated rings. The third-order valence-corrected chi connectivity index (χ3v) is 3.68. The highest BCUT2D eigenvalue weighted by Gasteiger charge is 2.19. The first kappa shape index (κ1) is 12.7. The summed E-state index contributed by atoms with van der Waals surface area (Å²) >= 11 is 0. The second-order valence-corrected chi connectivity index (χ2v) is 5.02. The molecule has 1 aliphatic heterocycles.